The van der Waals surface area contributed by atoms with Crippen LogP contribution in [-0.2, 0) is 14.8 Å². The minimum atomic E-state index is -3.73. The molecule has 0 fully saturated rings. The lowest BCUT2D eigenvalue weighted by Crippen LogP contribution is -2.47. The quantitative estimate of drug-likeness (QED) is 0.788. The second-order valence-corrected chi connectivity index (χ2v) is 8.06. The highest BCUT2D eigenvalue weighted by Crippen LogP contribution is 2.21. The van der Waals surface area contributed by atoms with Gasteiger partial charge in [0.15, 0.2) is 0 Å². The Balaban J connectivity index is 2.81. The number of hydrogen-bond donors (Lipinski definition) is 2. The van der Waals surface area contributed by atoms with Crippen LogP contribution in [0.25, 0.3) is 0 Å². The molecule has 0 aliphatic heterocycles. The molecular formula is C16H27N3O3S. The van der Waals surface area contributed by atoms with E-state index in [1.54, 1.807) is 12.1 Å². The molecule has 6 nitrogen and oxygen atoms in total. The largest absolute Gasteiger partial charge is 0.350 e. The van der Waals surface area contributed by atoms with Crippen molar-refractivity contribution in [1.82, 2.24) is 10.2 Å². The number of hydrogen-bond acceptors (Lipinski definition) is 4. The molecule has 1 amide bonds. The number of rotatable bonds is 7. The van der Waals surface area contributed by atoms with Gasteiger partial charge in [-0.3, -0.25) is 9.69 Å². The molecule has 0 saturated heterocycles. The van der Waals surface area contributed by atoms with Gasteiger partial charge in [0.25, 0.3) is 0 Å². The summed E-state index contributed by atoms with van der Waals surface area (Å²) < 4.78 is 22.9. The van der Waals surface area contributed by atoms with E-state index < -0.39 is 10.0 Å². The van der Waals surface area contributed by atoms with Crippen LogP contribution in [0.1, 0.15) is 45.7 Å². The van der Waals surface area contributed by atoms with Gasteiger partial charge in [-0.25, -0.2) is 13.6 Å². The zero-order valence-electron chi connectivity index (χ0n) is 14.5. The fourth-order valence-corrected chi connectivity index (χ4v) is 2.64. The van der Waals surface area contributed by atoms with E-state index >= 15 is 0 Å². The number of nitrogens with one attached hydrogen (secondary N) is 1. The summed E-state index contributed by atoms with van der Waals surface area (Å²) >= 11 is 0. The second kappa shape index (κ2) is 7.42. The summed E-state index contributed by atoms with van der Waals surface area (Å²) in [4.78, 5) is 14.1. The van der Waals surface area contributed by atoms with Crippen LogP contribution in [0.3, 0.4) is 0 Å². The first-order valence-electron chi connectivity index (χ1n) is 7.60. The molecule has 0 bridgehead atoms. The topological polar surface area (TPSA) is 92.5 Å². The third-order valence-corrected chi connectivity index (χ3v) is 5.00. The van der Waals surface area contributed by atoms with Crippen molar-refractivity contribution >= 4 is 15.9 Å². The van der Waals surface area contributed by atoms with Gasteiger partial charge in [-0.15, -0.1) is 0 Å². The molecule has 0 unspecified atom stereocenters. The summed E-state index contributed by atoms with van der Waals surface area (Å²) in [6.45, 7) is 8.11. The van der Waals surface area contributed by atoms with Gasteiger partial charge in [0.05, 0.1) is 11.4 Å². The Hall–Kier alpha value is -1.44. The lowest BCUT2D eigenvalue weighted by atomic mass is 10.0. The number of carbonyl (C=O) groups excluding carboxylic acids is 1. The zero-order chi connectivity index (χ0) is 17.8. The van der Waals surface area contributed by atoms with Crippen LogP contribution >= 0.6 is 0 Å². The molecule has 1 aromatic rings. The van der Waals surface area contributed by atoms with Gasteiger partial charge in [0.1, 0.15) is 0 Å². The van der Waals surface area contributed by atoms with E-state index in [1.165, 1.54) is 6.07 Å². The number of carbonyl (C=O) groups is 1. The Morgan fingerprint density at radius 2 is 2.00 bits per heavy atom. The lowest BCUT2D eigenvalue weighted by Gasteiger charge is -2.29. The van der Waals surface area contributed by atoms with Crippen LogP contribution in [0, 0.1) is 0 Å². The molecule has 0 radical (unpaired) electrons. The highest BCUT2D eigenvalue weighted by atomic mass is 32.2. The summed E-state index contributed by atoms with van der Waals surface area (Å²) in [5.41, 5.74) is 0.552. The first-order valence-corrected chi connectivity index (χ1v) is 9.15. The van der Waals surface area contributed by atoms with E-state index in [2.05, 4.69) is 5.32 Å². The molecule has 0 aliphatic carbocycles. The fourth-order valence-electron chi connectivity index (χ4n) is 2.07. The number of amides is 1. The summed E-state index contributed by atoms with van der Waals surface area (Å²) in [5, 5.41) is 8.14. The molecule has 7 heteroatoms. The first-order chi connectivity index (χ1) is 10.5. The molecular weight excluding hydrogens is 314 g/mol. The van der Waals surface area contributed by atoms with Gasteiger partial charge in [-0.1, -0.05) is 19.1 Å². The molecule has 130 valence electrons. The SMILES string of the molecule is CCC(C)(C)NC(=O)CN(C)[C@H](C)c1cccc(S(N)(=O)=O)c1. The maximum atomic E-state index is 12.1. The number of primary sulfonamides is 1. The van der Waals surface area contributed by atoms with Crippen LogP contribution in [-0.4, -0.2) is 38.4 Å². The highest BCUT2D eigenvalue weighted by molar-refractivity contribution is 7.89. The van der Waals surface area contributed by atoms with Crippen LogP contribution in [0.2, 0.25) is 0 Å². The zero-order valence-corrected chi connectivity index (χ0v) is 15.3. The Kier molecular flexibility index (Phi) is 6.33. The fraction of sp³-hybridized carbons (Fsp3) is 0.562. The van der Waals surface area contributed by atoms with E-state index in [-0.39, 0.29) is 28.9 Å². The Labute approximate surface area is 139 Å². The van der Waals surface area contributed by atoms with E-state index in [9.17, 15) is 13.2 Å². The van der Waals surface area contributed by atoms with E-state index in [4.69, 9.17) is 5.14 Å². The number of likely N-dealkylation sites (N-methyl/N-ethyl adjacent to an activating group) is 1. The minimum absolute atomic E-state index is 0.0613. The second-order valence-electron chi connectivity index (χ2n) is 6.49. The van der Waals surface area contributed by atoms with Gasteiger partial charge in [0, 0.05) is 11.6 Å². The molecule has 0 aromatic heterocycles. The Bertz CT molecular complexity index is 656. The van der Waals surface area contributed by atoms with Crippen molar-refractivity contribution in [2.45, 2.75) is 50.6 Å². The number of nitrogens with zero attached hydrogens (tertiary/aromatic N) is 1. The normalized spacial score (nSPS) is 13.9. The molecule has 23 heavy (non-hydrogen) atoms. The van der Waals surface area contributed by atoms with Gasteiger partial charge < -0.3 is 5.32 Å². The smallest absolute Gasteiger partial charge is 0.238 e. The molecule has 0 spiro atoms. The summed E-state index contributed by atoms with van der Waals surface area (Å²) in [5.74, 6) is -0.0613. The number of benzene rings is 1. The van der Waals surface area contributed by atoms with Crippen molar-refractivity contribution in [3.63, 3.8) is 0 Å². The molecule has 1 atom stereocenters. The van der Waals surface area contributed by atoms with E-state index in [0.717, 1.165) is 12.0 Å². The number of nitrogens with two attached hydrogens (primary N) is 1. The highest BCUT2D eigenvalue weighted by Gasteiger charge is 2.21. The van der Waals surface area contributed by atoms with Crippen molar-refractivity contribution < 1.29 is 13.2 Å². The standard InChI is InChI=1S/C16H27N3O3S/c1-6-16(3,4)18-15(20)11-19(5)12(2)13-8-7-9-14(10-13)23(17,21)22/h7-10,12H,6,11H2,1-5H3,(H,18,20)(H2,17,21,22)/t12-/m1/s1. The van der Waals surface area contributed by atoms with Crippen molar-refractivity contribution in [3.8, 4) is 0 Å². The lowest BCUT2D eigenvalue weighted by molar-refractivity contribution is -0.124. The van der Waals surface area contributed by atoms with Crippen molar-refractivity contribution in [1.29, 1.82) is 0 Å². The van der Waals surface area contributed by atoms with Crippen LogP contribution in [0.4, 0.5) is 0 Å². The van der Waals surface area contributed by atoms with Crippen LogP contribution in [0.5, 0.6) is 0 Å². The van der Waals surface area contributed by atoms with Gasteiger partial charge in [-0.2, -0.15) is 0 Å². The van der Waals surface area contributed by atoms with Crippen LogP contribution in [0.15, 0.2) is 29.2 Å². The third-order valence-electron chi connectivity index (χ3n) is 4.08. The minimum Gasteiger partial charge on any atom is -0.350 e. The summed E-state index contributed by atoms with van der Waals surface area (Å²) in [6.07, 6.45) is 0.842. The molecule has 1 aromatic carbocycles. The Morgan fingerprint density at radius 3 is 2.52 bits per heavy atom. The van der Waals surface area contributed by atoms with Gasteiger partial charge in [0.2, 0.25) is 15.9 Å². The third kappa shape index (κ3) is 5.93. The van der Waals surface area contributed by atoms with Crippen molar-refractivity contribution in [2.24, 2.45) is 5.14 Å². The molecule has 1 rings (SSSR count). The maximum absolute atomic E-state index is 12.1. The van der Waals surface area contributed by atoms with Gasteiger partial charge in [-0.05, 0) is 51.9 Å². The molecule has 0 saturated carbocycles. The monoisotopic (exact) mass is 341 g/mol. The predicted molar refractivity (Wildman–Crippen MR) is 91.4 cm³/mol. The molecule has 0 aliphatic rings. The van der Waals surface area contributed by atoms with Crippen LogP contribution < -0.4 is 10.5 Å². The molecule has 0 heterocycles. The average Bonchev–Trinajstić information content (AvgIpc) is 2.45. The summed E-state index contributed by atoms with van der Waals surface area (Å²) in [6, 6.07) is 6.36. The van der Waals surface area contributed by atoms with E-state index in [1.807, 2.05) is 45.7 Å². The van der Waals surface area contributed by atoms with Crippen molar-refractivity contribution in [3.05, 3.63) is 29.8 Å². The summed E-state index contributed by atoms with van der Waals surface area (Å²) in [7, 11) is -1.91. The number of sulfonamides is 1. The molecule has 3 N–H and O–H groups in total. The van der Waals surface area contributed by atoms with Gasteiger partial charge >= 0.3 is 0 Å². The Morgan fingerprint density at radius 1 is 1.39 bits per heavy atom. The maximum Gasteiger partial charge on any atom is 0.238 e. The average molecular weight is 341 g/mol. The predicted octanol–water partition coefficient (Wildman–Crippen LogP) is 1.63. The van der Waals surface area contributed by atoms with E-state index in [0.29, 0.717) is 0 Å². The van der Waals surface area contributed by atoms with Crippen molar-refractivity contribution in [2.75, 3.05) is 13.6 Å². The first kappa shape index (κ1) is 19.6.